The highest BCUT2D eigenvalue weighted by atomic mass is 32.1. The smallest absolute Gasteiger partial charge is 0.338 e. The molecule has 37 heavy (non-hydrogen) atoms. The monoisotopic (exact) mass is 512 g/mol. The molecule has 0 saturated carbocycles. The summed E-state index contributed by atoms with van der Waals surface area (Å²) in [5.41, 5.74) is 2.46. The lowest BCUT2D eigenvalue weighted by Crippen LogP contribution is -2.40. The van der Waals surface area contributed by atoms with Crippen molar-refractivity contribution in [1.82, 2.24) is 4.57 Å². The first kappa shape index (κ1) is 24.4. The lowest BCUT2D eigenvalue weighted by molar-refractivity contribution is -0.139. The van der Waals surface area contributed by atoms with Gasteiger partial charge in [-0.1, -0.05) is 65.9 Å². The van der Waals surface area contributed by atoms with Gasteiger partial charge in [0.25, 0.3) is 5.56 Å². The van der Waals surface area contributed by atoms with E-state index in [1.54, 1.807) is 38.1 Å². The molecule has 4 aromatic rings. The fourth-order valence-corrected chi connectivity index (χ4v) is 5.58. The van der Waals surface area contributed by atoms with Gasteiger partial charge in [-0.3, -0.25) is 9.36 Å². The highest BCUT2D eigenvalue weighted by Crippen LogP contribution is 2.31. The maximum atomic E-state index is 13.8. The predicted octanol–water partition coefficient (Wildman–Crippen LogP) is 3.74. The van der Waals surface area contributed by atoms with Gasteiger partial charge in [0, 0.05) is 0 Å². The standard InChI is InChI=1S/C29H24N2O5S/c1-4-36-28(34)24-17(2)30-29-31(25(24)19-12-14-20(15-13-19)27(33)35-3)26(32)23(37-29)16-21-10-7-9-18-8-5-6-11-22(18)21/h5-16,25H,4H2,1-3H3. The molecule has 1 atom stereocenters. The minimum atomic E-state index is -0.753. The van der Waals surface area contributed by atoms with Crippen LogP contribution in [0, 0.1) is 0 Å². The Bertz CT molecular complexity index is 1740. The van der Waals surface area contributed by atoms with Gasteiger partial charge in [-0.25, -0.2) is 14.6 Å². The van der Waals surface area contributed by atoms with Crippen LogP contribution in [0.2, 0.25) is 0 Å². The zero-order chi connectivity index (χ0) is 26.1. The summed E-state index contributed by atoms with van der Waals surface area (Å²) in [4.78, 5) is 43.9. The molecule has 0 bridgehead atoms. The Morgan fingerprint density at radius 2 is 1.76 bits per heavy atom. The quantitative estimate of drug-likeness (QED) is 0.380. The number of hydrogen-bond acceptors (Lipinski definition) is 7. The number of carbonyl (C=O) groups excluding carboxylic acids is 2. The molecule has 1 aliphatic rings. The average molecular weight is 513 g/mol. The summed E-state index contributed by atoms with van der Waals surface area (Å²) in [5.74, 6) is -1.00. The summed E-state index contributed by atoms with van der Waals surface area (Å²) in [6.07, 6.45) is 1.87. The molecule has 0 radical (unpaired) electrons. The number of fused-ring (bicyclic) bond motifs is 2. The molecule has 8 heteroatoms. The van der Waals surface area contributed by atoms with E-state index in [0.717, 1.165) is 16.3 Å². The lowest BCUT2D eigenvalue weighted by atomic mass is 9.95. The van der Waals surface area contributed by atoms with Crippen LogP contribution in [0.5, 0.6) is 0 Å². The van der Waals surface area contributed by atoms with Gasteiger partial charge < -0.3 is 9.47 Å². The molecular weight excluding hydrogens is 488 g/mol. The number of benzene rings is 3. The third-order valence-corrected chi connectivity index (χ3v) is 7.26. The number of carbonyl (C=O) groups is 2. The Morgan fingerprint density at radius 3 is 2.49 bits per heavy atom. The second-order valence-corrected chi connectivity index (χ2v) is 9.49. The molecule has 5 rings (SSSR count). The fourth-order valence-electron chi connectivity index (χ4n) is 4.54. The first-order chi connectivity index (χ1) is 17.9. The van der Waals surface area contributed by atoms with E-state index in [0.29, 0.717) is 26.2 Å². The molecule has 1 aliphatic heterocycles. The number of nitrogens with zero attached hydrogens (tertiary/aromatic N) is 2. The summed E-state index contributed by atoms with van der Waals surface area (Å²) >= 11 is 1.27. The summed E-state index contributed by atoms with van der Waals surface area (Å²) in [6, 6.07) is 19.9. The van der Waals surface area contributed by atoms with Crippen LogP contribution in [-0.4, -0.2) is 30.2 Å². The van der Waals surface area contributed by atoms with E-state index in [9.17, 15) is 14.4 Å². The predicted molar refractivity (Wildman–Crippen MR) is 142 cm³/mol. The van der Waals surface area contributed by atoms with Crippen LogP contribution in [0.25, 0.3) is 16.8 Å². The van der Waals surface area contributed by atoms with Gasteiger partial charge in [0.15, 0.2) is 4.80 Å². The van der Waals surface area contributed by atoms with Crippen LogP contribution in [0.15, 0.2) is 87.8 Å². The van der Waals surface area contributed by atoms with Crippen LogP contribution >= 0.6 is 11.3 Å². The Balaban J connectivity index is 1.72. The van der Waals surface area contributed by atoms with Crippen LogP contribution in [0.1, 0.15) is 41.4 Å². The number of aromatic nitrogens is 1. The van der Waals surface area contributed by atoms with Gasteiger partial charge in [0.05, 0.1) is 41.1 Å². The maximum Gasteiger partial charge on any atom is 0.338 e. The molecule has 1 aromatic heterocycles. The molecule has 0 aliphatic carbocycles. The Labute approximate surface area is 216 Å². The van der Waals surface area contributed by atoms with Gasteiger partial charge >= 0.3 is 11.9 Å². The van der Waals surface area contributed by atoms with Crippen molar-refractivity contribution in [2.24, 2.45) is 4.99 Å². The summed E-state index contributed by atoms with van der Waals surface area (Å²) in [5, 5.41) is 2.11. The van der Waals surface area contributed by atoms with Crippen molar-refractivity contribution >= 4 is 40.1 Å². The molecule has 0 amide bonds. The van der Waals surface area contributed by atoms with Crippen molar-refractivity contribution < 1.29 is 19.1 Å². The topological polar surface area (TPSA) is 87.0 Å². The zero-order valence-electron chi connectivity index (χ0n) is 20.6. The van der Waals surface area contributed by atoms with Crippen molar-refractivity contribution in [3.8, 4) is 0 Å². The molecule has 3 aromatic carbocycles. The Morgan fingerprint density at radius 1 is 1.03 bits per heavy atom. The van der Waals surface area contributed by atoms with Gasteiger partial charge in [-0.15, -0.1) is 0 Å². The minimum Gasteiger partial charge on any atom is -0.465 e. The van der Waals surface area contributed by atoms with Crippen molar-refractivity contribution in [3.05, 3.63) is 114 Å². The number of rotatable bonds is 5. The SMILES string of the molecule is CCOC(=O)C1=C(C)N=c2sc(=Cc3cccc4ccccc34)c(=O)n2C1c1ccc(C(=O)OC)cc1. The van der Waals surface area contributed by atoms with E-state index < -0.39 is 18.0 Å². The molecule has 186 valence electrons. The van der Waals surface area contributed by atoms with Crippen LogP contribution in [-0.2, 0) is 14.3 Å². The number of ether oxygens (including phenoxy) is 2. The molecule has 0 N–H and O–H groups in total. The Hall–Kier alpha value is -4.30. The largest absolute Gasteiger partial charge is 0.465 e. The first-order valence-corrected chi connectivity index (χ1v) is 12.6. The van der Waals surface area contributed by atoms with E-state index in [1.165, 1.54) is 23.0 Å². The van der Waals surface area contributed by atoms with Gasteiger partial charge in [-0.05, 0) is 54.0 Å². The van der Waals surface area contributed by atoms with Crippen LogP contribution in [0.3, 0.4) is 0 Å². The third-order valence-electron chi connectivity index (χ3n) is 6.27. The van der Waals surface area contributed by atoms with Gasteiger partial charge in [0.2, 0.25) is 0 Å². The lowest BCUT2D eigenvalue weighted by Gasteiger charge is -2.24. The Kier molecular flexibility index (Phi) is 6.58. The summed E-state index contributed by atoms with van der Waals surface area (Å²) in [7, 11) is 1.31. The van der Waals surface area contributed by atoms with Crippen molar-refractivity contribution in [2.45, 2.75) is 19.9 Å². The number of methoxy groups -OCH3 is 1. The second kappa shape index (κ2) is 9.99. The van der Waals surface area contributed by atoms with E-state index in [4.69, 9.17) is 9.47 Å². The average Bonchev–Trinajstić information content (AvgIpc) is 3.22. The van der Waals surface area contributed by atoms with Crippen molar-refractivity contribution in [3.63, 3.8) is 0 Å². The van der Waals surface area contributed by atoms with E-state index >= 15 is 0 Å². The highest BCUT2D eigenvalue weighted by Gasteiger charge is 2.33. The number of esters is 2. The molecule has 7 nitrogen and oxygen atoms in total. The molecule has 2 heterocycles. The van der Waals surface area contributed by atoms with E-state index in [-0.39, 0.29) is 17.7 Å². The normalized spacial score (nSPS) is 15.3. The molecular formula is C29H24N2O5S. The first-order valence-electron chi connectivity index (χ1n) is 11.8. The van der Waals surface area contributed by atoms with Crippen molar-refractivity contribution in [2.75, 3.05) is 13.7 Å². The second-order valence-electron chi connectivity index (χ2n) is 8.48. The summed E-state index contributed by atoms with van der Waals surface area (Å²) < 4.78 is 12.2. The van der Waals surface area contributed by atoms with E-state index in [2.05, 4.69) is 4.99 Å². The number of thiazole rings is 1. The van der Waals surface area contributed by atoms with Crippen LogP contribution < -0.4 is 14.9 Å². The van der Waals surface area contributed by atoms with E-state index in [1.807, 2.05) is 48.5 Å². The molecule has 0 spiro atoms. The van der Waals surface area contributed by atoms with Crippen molar-refractivity contribution in [1.29, 1.82) is 0 Å². The molecule has 0 fully saturated rings. The summed E-state index contributed by atoms with van der Waals surface area (Å²) in [6.45, 7) is 3.66. The van der Waals surface area contributed by atoms with Gasteiger partial charge in [-0.2, -0.15) is 0 Å². The van der Waals surface area contributed by atoms with Crippen LogP contribution in [0.4, 0.5) is 0 Å². The third kappa shape index (κ3) is 4.40. The maximum absolute atomic E-state index is 13.8. The molecule has 0 saturated heterocycles. The number of allylic oxidation sites excluding steroid dienone is 1. The highest BCUT2D eigenvalue weighted by molar-refractivity contribution is 7.07. The van der Waals surface area contributed by atoms with Gasteiger partial charge in [0.1, 0.15) is 0 Å². The minimum absolute atomic E-state index is 0.190. The zero-order valence-corrected chi connectivity index (χ0v) is 21.4. The number of hydrogen-bond donors (Lipinski definition) is 0. The molecule has 1 unspecified atom stereocenters. The fraction of sp³-hybridized carbons (Fsp3) is 0.172.